The molecule has 0 aromatic heterocycles. The largest absolute Gasteiger partial charge is 0.420 e. The second kappa shape index (κ2) is 5.44. The summed E-state index contributed by atoms with van der Waals surface area (Å²) in [6.07, 6.45) is 0. The minimum Gasteiger partial charge on any atom is -0.420 e. The molecule has 96 valence electrons. The first-order valence-corrected chi connectivity index (χ1v) is 5.65. The number of hydrogen-bond acceptors (Lipinski definition) is 3. The molecule has 0 unspecified atom stereocenters. The fraction of sp³-hybridized carbons (Fsp3) is 0.0667. The lowest BCUT2D eigenvalue weighted by molar-refractivity contribution is 0.0728. The van der Waals surface area contributed by atoms with Gasteiger partial charge in [0.15, 0.2) is 11.6 Å². The van der Waals surface area contributed by atoms with Gasteiger partial charge in [0.05, 0.1) is 11.3 Å². The molecule has 0 saturated heterocycles. The highest BCUT2D eigenvalue weighted by Gasteiger charge is 2.12. The van der Waals surface area contributed by atoms with Crippen LogP contribution in [0.1, 0.15) is 15.9 Å². The first kappa shape index (κ1) is 13.0. The van der Waals surface area contributed by atoms with E-state index in [0.29, 0.717) is 11.3 Å². The summed E-state index contributed by atoms with van der Waals surface area (Å²) < 4.78 is 18.6. The second-order valence-electron chi connectivity index (χ2n) is 4.03. The van der Waals surface area contributed by atoms with Gasteiger partial charge < -0.3 is 4.74 Å². The predicted molar refractivity (Wildman–Crippen MR) is 71.7 cm³/mol. The van der Waals surface area contributed by atoms with Crippen molar-refractivity contribution in [3.63, 3.8) is 0 Å². The molecule has 0 radical (unpaired) electrons. The van der Waals surface area contributed by atoms with Gasteiger partial charge in [-0.15, -0.1) is 0 Å². The van der Waals surface area contributed by atoms with E-state index in [2.05, 4.69) is 11.7 Å². The van der Waals surface area contributed by atoms with Crippen molar-refractivity contribution >= 4 is 18.4 Å². The molecule has 2 aromatic rings. The average molecular weight is 257 g/mol. The zero-order chi connectivity index (χ0) is 13.8. The van der Waals surface area contributed by atoms with Crippen molar-refractivity contribution in [3.05, 3.63) is 59.4 Å². The molecule has 0 N–H and O–H groups in total. The van der Waals surface area contributed by atoms with Crippen LogP contribution < -0.4 is 4.74 Å². The molecule has 4 heteroatoms. The van der Waals surface area contributed by atoms with Crippen molar-refractivity contribution in [2.45, 2.75) is 6.92 Å². The van der Waals surface area contributed by atoms with Crippen LogP contribution in [0.4, 0.5) is 10.1 Å². The SMILES string of the molecule is C=Nc1ccc(OC(=O)c2ccc(C)cc2)c(F)c1. The van der Waals surface area contributed by atoms with Crippen LogP contribution in [0.5, 0.6) is 5.75 Å². The van der Waals surface area contributed by atoms with E-state index in [1.54, 1.807) is 24.3 Å². The molecule has 2 rings (SSSR count). The number of carbonyl (C=O) groups excluding carboxylic acids is 1. The maximum Gasteiger partial charge on any atom is 0.343 e. The summed E-state index contributed by atoms with van der Waals surface area (Å²) in [4.78, 5) is 15.4. The van der Waals surface area contributed by atoms with Crippen LogP contribution in [-0.2, 0) is 0 Å². The van der Waals surface area contributed by atoms with Crippen LogP contribution >= 0.6 is 0 Å². The van der Waals surface area contributed by atoms with Crippen LogP contribution in [0.25, 0.3) is 0 Å². The van der Waals surface area contributed by atoms with Crippen molar-refractivity contribution < 1.29 is 13.9 Å². The normalized spacial score (nSPS) is 10.0. The third kappa shape index (κ3) is 3.04. The lowest BCUT2D eigenvalue weighted by atomic mass is 10.1. The van der Waals surface area contributed by atoms with Gasteiger partial charge in [-0.3, -0.25) is 4.99 Å². The number of benzene rings is 2. The zero-order valence-electron chi connectivity index (χ0n) is 10.4. The van der Waals surface area contributed by atoms with E-state index in [9.17, 15) is 9.18 Å². The molecule has 0 fully saturated rings. The van der Waals surface area contributed by atoms with Gasteiger partial charge in [-0.1, -0.05) is 17.7 Å². The Morgan fingerprint density at radius 2 is 1.89 bits per heavy atom. The lowest BCUT2D eigenvalue weighted by Crippen LogP contribution is -2.09. The number of esters is 1. The molecule has 2 aromatic carbocycles. The molecule has 0 heterocycles. The van der Waals surface area contributed by atoms with Crippen LogP contribution in [0.3, 0.4) is 0 Å². The summed E-state index contributed by atoms with van der Waals surface area (Å²) in [6.45, 7) is 5.21. The molecule has 0 aliphatic rings. The third-order valence-corrected chi connectivity index (χ3v) is 2.59. The number of aliphatic imine (C=N–C) groups is 1. The second-order valence-corrected chi connectivity index (χ2v) is 4.03. The monoisotopic (exact) mass is 257 g/mol. The number of nitrogens with zero attached hydrogens (tertiary/aromatic N) is 1. The number of aryl methyl sites for hydroxylation is 1. The van der Waals surface area contributed by atoms with Gasteiger partial charge in [0, 0.05) is 6.07 Å². The number of carbonyl (C=O) groups is 1. The standard InChI is InChI=1S/C15H12FNO2/c1-10-3-5-11(6-4-10)15(18)19-14-8-7-12(17-2)9-13(14)16/h3-9H,2H2,1H3. The van der Waals surface area contributed by atoms with Gasteiger partial charge in [-0.2, -0.15) is 0 Å². The molecule has 0 spiro atoms. The first-order valence-electron chi connectivity index (χ1n) is 5.65. The maximum atomic E-state index is 13.6. The van der Waals surface area contributed by atoms with Crippen molar-refractivity contribution in [1.82, 2.24) is 0 Å². The summed E-state index contributed by atoms with van der Waals surface area (Å²) in [6, 6.07) is 10.9. The summed E-state index contributed by atoms with van der Waals surface area (Å²) in [5, 5.41) is 0. The summed E-state index contributed by atoms with van der Waals surface area (Å²) in [7, 11) is 0. The van der Waals surface area contributed by atoms with E-state index >= 15 is 0 Å². The molecule has 3 nitrogen and oxygen atoms in total. The summed E-state index contributed by atoms with van der Waals surface area (Å²) in [5.74, 6) is -1.37. The van der Waals surface area contributed by atoms with E-state index in [1.807, 2.05) is 6.92 Å². The number of rotatable bonds is 3. The lowest BCUT2D eigenvalue weighted by Gasteiger charge is -2.06. The van der Waals surface area contributed by atoms with Crippen LogP contribution in [0.2, 0.25) is 0 Å². The molecule has 19 heavy (non-hydrogen) atoms. The van der Waals surface area contributed by atoms with E-state index in [0.717, 1.165) is 11.6 Å². The smallest absolute Gasteiger partial charge is 0.343 e. The fourth-order valence-electron chi connectivity index (χ4n) is 1.52. The molecule has 0 bridgehead atoms. The van der Waals surface area contributed by atoms with Gasteiger partial charge in [0.25, 0.3) is 0 Å². The summed E-state index contributed by atoms with van der Waals surface area (Å²) in [5.41, 5.74) is 1.78. The molecule has 0 saturated carbocycles. The minimum atomic E-state index is -0.648. The average Bonchev–Trinajstić information content (AvgIpc) is 2.41. The highest BCUT2D eigenvalue weighted by Crippen LogP contribution is 2.23. The quantitative estimate of drug-likeness (QED) is 0.478. The molecular formula is C15H12FNO2. The third-order valence-electron chi connectivity index (χ3n) is 2.59. The highest BCUT2D eigenvalue weighted by atomic mass is 19.1. The van der Waals surface area contributed by atoms with Crippen molar-refractivity contribution in [3.8, 4) is 5.75 Å². The summed E-state index contributed by atoms with van der Waals surface area (Å²) >= 11 is 0. The first-order chi connectivity index (χ1) is 9.10. The van der Waals surface area contributed by atoms with E-state index in [4.69, 9.17) is 4.74 Å². The predicted octanol–water partition coefficient (Wildman–Crippen LogP) is 3.69. The van der Waals surface area contributed by atoms with Gasteiger partial charge in [-0.25, -0.2) is 9.18 Å². The van der Waals surface area contributed by atoms with Gasteiger partial charge >= 0.3 is 5.97 Å². The molecule has 0 amide bonds. The molecule has 0 aliphatic carbocycles. The highest BCUT2D eigenvalue weighted by molar-refractivity contribution is 5.91. The number of ether oxygens (including phenoxy) is 1. The Kier molecular flexibility index (Phi) is 3.71. The zero-order valence-corrected chi connectivity index (χ0v) is 10.4. The topological polar surface area (TPSA) is 38.7 Å². The molecular weight excluding hydrogens is 245 g/mol. The number of halogens is 1. The van der Waals surface area contributed by atoms with Gasteiger partial charge in [0.2, 0.25) is 0 Å². The Balaban J connectivity index is 2.19. The minimum absolute atomic E-state index is 0.127. The Morgan fingerprint density at radius 3 is 2.47 bits per heavy atom. The van der Waals surface area contributed by atoms with Crippen LogP contribution in [-0.4, -0.2) is 12.7 Å². The van der Waals surface area contributed by atoms with Gasteiger partial charge in [0.1, 0.15) is 0 Å². The van der Waals surface area contributed by atoms with E-state index < -0.39 is 11.8 Å². The van der Waals surface area contributed by atoms with Crippen molar-refractivity contribution in [1.29, 1.82) is 0 Å². The van der Waals surface area contributed by atoms with Crippen LogP contribution in [0, 0.1) is 12.7 Å². The van der Waals surface area contributed by atoms with E-state index in [1.165, 1.54) is 12.1 Å². The molecule has 0 aliphatic heterocycles. The Morgan fingerprint density at radius 1 is 1.21 bits per heavy atom. The Hall–Kier alpha value is -2.49. The van der Waals surface area contributed by atoms with Gasteiger partial charge in [-0.05, 0) is 37.9 Å². The van der Waals surface area contributed by atoms with E-state index in [-0.39, 0.29) is 5.75 Å². The molecule has 0 atom stereocenters. The maximum absolute atomic E-state index is 13.6. The number of hydrogen-bond donors (Lipinski definition) is 0. The Bertz CT molecular complexity index is 621. The van der Waals surface area contributed by atoms with Crippen molar-refractivity contribution in [2.24, 2.45) is 4.99 Å². The fourth-order valence-corrected chi connectivity index (χ4v) is 1.52. The van der Waals surface area contributed by atoms with Crippen molar-refractivity contribution in [2.75, 3.05) is 0 Å². The van der Waals surface area contributed by atoms with Crippen LogP contribution in [0.15, 0.2) is 47.5 Å². The Labute approximate surface area is 110 Å².